The van der Waals surface area contributed by atoms with Crippen LogP contribution in [0.2, 0.25) is 0 Å². The number of aromatic amines is 1. The molecule has 0 radical (unpaired) electrons. The summed E-state index contributed by atoms with van der Waals surface area (Å²) in [6, 6.07) is 5.23. The van der Waals surface area contributed by atoms with Gasteiger partial charge in [-0.15, -0.1) is 0 Å². The minimum absolute atomic E-state index is 0.0427. The molecule has 1 amide bonds. The van der Waals surface area contributed by atoms with Gasteiger partial charge in [-0.25, -0.2) is 4.98 Å². The lowest BCUT2D eigenvalue weighted by Crippen LogP contribution is -2.47. The van der Waals surface area contributed by atoms with Gasteiger partial charge in [-0.1, -0.05) is 0 Å². The molecule has 3 aromatic heterocycles. The number of halogens is 3. The predicted octanol–water partition coefficient (Wildman–Crippen LogP) is 2.89. The number of carbonyl (C=O) groups excluding carboxylic acids is 1. The van der Waals surface area contributed by atoms with E-state index in [9.17, 15) is 22.8 Å². The van der Waals surface area contributed by atoms with E-state index in [1.54, 1.807) is 31.6 Å². The molecule has 1 aliphatic heterocycles. The fourth-order valence-electron chi connectivity index (χ4n) is 4.33. The van der Waals surface area contributed by atoms with Crippen LogP contribution in [-0.2, 0) is 6.18 Å². The summed E-state index contributed by atoms with van der Waals surface area (Å²) in [7, 11) is 1.56. The van der Waals surface area contributed by atoms with E-state index in [0.717, 1.165) is 37.4 Å². The predicted molar refractivity (Wildman–Crippen MR) is 122 cm³/mol. The Balaban J connectivity index is 1.48. The van der Waals surface area contributed by atoms with Gasteiger partial charge >= 0.3 is 6.18 Å². The lowest BCUT2D eigenvalue weighted by Gasteiger charge is -2.39. The molecule has 34 heavy (non-hydrogen) atoms. The van der Waals surface area contributed by atoms with Gasteiger partial charge in [-0.3, -0.25) is 19.5 Å². The van der Waals surface area contributed by atoms with Crippen molar-refractivity contribution in [1.82, 2.24) is 25.2 Å². The van der Waals surface area contributed by atoms with Gasteiger partial charge in [0.25, 0.3) is 11.5 Å². The first-order valence-electron chi connectivity index (χ1n) is 10.9. The number of anilines is 1. The molecule has 4 heterocycles. The maximum absolute atomic E-state index is 13.2. The van der Waals surface area contributed by atoms with Gasteiger partial charge in [0.1, 0.15) is 11.3 Å². The summed E-state index contributed by atoms with van der Waals surface area (Å²) in [6.07, 6.45) is -1.48. The third-order valence-corrected chi connectivity index (χ3v) is 6.31. The van der Waals surface area contributed by atoms with E-state index in [0.29, 0.717) is 11.2 Å². The second-order valence-electron chi connectivity index (χ2n) is 8.30. The SMILES string of the molecule is CNC(=O)c1ccc(N2CCN([C@H](C)c3cnc4c(C)c(C(F)(F)F)c(=O)[nH]c4c3)CC2)cn1. The zero-order valence-electron chi connectivity index (χ0n) is 19.0. The first-order valence-corrected chi connectivity index (χ1v) is 10.9. The number of piperazine rings is 1. The van der Waals surface area contributed by atoms with Crippen LogP contribution in [0, 0.1) is 6.92 Å². The lowest BCUT2D eigenvalue weighted by molar-refractivity contribution is -0.139. The number of aryl methyl sites for hydroxylation is 1. The molecular weight excluding hydrogens is 449 g/mol. The summed E-state index contributed by atoms with van der Waals surface area (Å²) in [6.45, 7) is 6.27. The number of carbonyl (C=O) groups is 1. The molecular formula is C23H25F3N6O2. The van der Waals surface area contributed by atoms with E-state index in [1.165, 1.54) is 6.92 Å². The molecule has 8 nitrogen and oxygen atoms in total. The highest BCUT2D eigenvalue weighted by Crippen LogP contribution is 2.32. The zero-order chi connectivity index (χ0) is 24.6. The Hall–Kier alpha value is -3.47. The van der Waals surface area contributed by atoms with Gasteiger partial charge < -0.3 is 15.2 Å². The number of amides is 1. The van der Waals surface area contributed by atoms with Gasteiger partial charge in [0.2, 0.25) is 0 Å². The molecule has 0 spiro atoms. The number of nitrogens with zero attached hydrogens (tertiary/aromatic N) is 4. The molecule has 2 N–H and O–H groups in total. The largest absolute Gasteiger partial charge is 0.422 e. The average molecular weight is 474 g/mol. The Morgan fingerprint density at radius 3 is 2.44 bits per heavy atom. The standard InChI is InChI=1S/C23H25F3N6O2/c1-13-19(23(24,25)26)22(34)30-18-10-15(11-29-20(13)18)14(2)31-6-8-32(9-7-31)16-4-5-17(28-12-16)21(33)27-3/h4-5,10-12,14H,6-9H2,1-3H3,(H,27,33)(H,30,34)/t14-/m1/s1. The Morgan fingerprint density at radius 2 is 1.85 bits per heavy atom. The van der Waals surface area contributed by atoms with Gasteiger partial charge in [0.05, 0.1) is 22.9 Å². The molecule has 0 aromatic carbocycles. The van der Waals surface area contributed by atoms with E-state index in [2.05, 4.69) is 30.1 Å². The summed E-state index contributed by atoms with van der Waals surface area (Å²) in [5.74, 6) is -0.236. The van der Waals surface area contributed by atoms with Crippen LogP contribution in [-0.4, -0.2) is 59.0 Å². The monoisotopic (exact) mass is 474 g/mol. The Labute approximate surface area is 193 Å². The van der Waals surface area contributed by atoms with Crippen LogP contribution in [0.15, 0.2) is 35.4 Å². The molecule has 1 atom stereocenters. The molecule has 0 unspecified atom stereocenters. The number of H-pyrrole nitrogens is 1. The van der Waals surface area contributed by atoms with Crippen molar-refractivity contribution in [3.05, 3.63) is 63.3 Å². The van der Waals surface area contributed by atoms with Gasteiger partial charge in [-0.2, -0.15) is 13.2 Å². The summed E-state index contributed by atoms with van der Waals surface area (Å²) in [5, 5.41) is 2.54. The third-order valence-electron chi connectivity index (χ3n) is 6.31. The van der Waals surface area contributed by atoms with Crippen molar-refractivity contribution in [3.63, 3.8) is 0 Å². The molecule has 0 bridgehead atoms. The highest BCUT2D eigenvalue weighted by atomic mass is 19.4. The lowest BCUT2D eigenvalue weighted by atomic mass is 10.0. The van der Waals surface area contributed by atoms with Crippen molar-refractivity contribution in [2.24, 2.45) is 0 Å². The molecule has 4 rings (SSSR count). The summed E-state index contributed by atoms with van der Waals surface area (Å²) >= 11 is 0. The fourth-order valence-corrected chi connectivity index (χ4v) is 4.33. The van der Waals surface area contributed by atoms with Gasteiger partial charge in [0.15, 0.2) is 0 Å². The Bertz CT molecular complexity index is 1260. The van der Waals surface area contributed by atoms with Crippen molar-refractivity contribution in [1.29, 1.82) is 0 Å². The zero-order valence-corrected chi connectivity index (χ0v) is 19.0. The maximum atomic E-state index is 13.2. The number of rotatable bonds is 4. The molecule has 3 aromatic rings. The number of fused-ring (bicyclic) bond motifs is 1. The van der Waals surface area contributed by atoms with Crippen LogP contribution < -0.4 is 15.8 Å². The van der Waals surface area contributed by atoms with Gasteiger partial charge in [0, 0.05) is 45.5 Å². The minimum atomic E-state index is -4.74. The highest BCUT2D eigenvalue weighted by Gasteiger charge is 2.37. The van der Waals surface area contributed by atoms with Crippen LogP contribution in [0.3, 0.4) is 0 Å². The van der Waals surface area contributed by atoms with Crippen LogP contribution in [0.1, 0.15) is 40.1 Å². The number of alkyl halides is 3. The van der Waals surface area contributed by atoms with E-state index in [4.69, 9.17) is 0 Å². The van der Waals surface area contributed by atoms with E-state index in [-0.39, 0.29) is 23.0 Å². The average Bonchev–Trinajstić information content (AvgIpc) is 2.82. The highest BCUT2D eigenvalue weighted by molar-refractivity contribution is 5.92. The van der Waals surface area contributed by atoms with Crippen molar-refractivity contribution >= 4 is 22.6 Å². The fraction of sp³-hybridized carbons (Fsp3) is 0.391. The molecule has 180 valence electrons. The van der Waals surface area contributed by atoms with Crippen molar-refractivity contribution < 1.29 is 18.0 Å². The topological polar surface area (TPSA) is 94.2 Å². The van der Waals surface area contributed by atoms with Gasteiger partial charge in [-0.05, 0) is 43.2 Å². The number of pyridine rings is 3. The van der Waals surface area contributed by atoms with E-state index < -0.39 is 17.3 Å². The molecule has 11 heteroatoms. The van der Waals surface area contributed by atoms with Crippen LogP contribution in [0.25, 0.3) is 11.0 Å². The summed E-state index contributed by atoms with van der Waals surface area (Å²) in [4.78, 5) is 39.0. The number of hydrogen-bond donors (Lipinski definition) is 2. The van der Waals surface area contributed by atoms with E-state index >= 15 is 0 Å². The minimum Gasteiger partial charge on any atom is -0.368 e. The normalized spacial score (nSPS) is 16.0. The van der Waals surface area contributed by atoms with Crippen molar-refractivity contribution in [2.75, 3.05) is 38.1 Å². The second kappa shape index (κ2) is 9.05. The van der Waals surface area contributed by atoms with E-state index in [1.807, 2.05) is 13.0 Å². The van der Waals surface area contributed by atoms with Crippen molar-refractivity contribution in [3.8, 4) is 0 Å². The van der Waals surface area contributed by atoms with Crippen molar-refractivity contribution in [2.45, 2.75) is 26.1 Å². The molecule has 1 saturated heterocycles. The number of hydrogen-bond acceptors (Lipinski definition) is 6. The Morgan fingerprint density at radius 1 is 1.15 bits per heavy atom. The third kappa shape index (κ3) is 4.47. The first kappa shape index (κ1) is 23.7. The second-order valence-corrected chi connectivity index (χ2v) is 8.30. The quantitative estimate of drug-likeness (QED) is 0.604. The summed E-state index contributed by atoms with van der Waals surface area (Å²) < 4.78 is 39.7. The maximum Gasteiger partial charge on any atom is 0.422 e. The molecule has 1 fully saturated rings. The number of nitrogens with one attached hydrogen (secondary N) is 2. The molecule has 1 aliphatic rings. The van der Waals surface area contributed by atoms with Crippen LogP contribution >= 0.6 is 0 Å². The van der Waals surface area contributed by atoms with Crippen LogP contribution in [0.4, 0.5) is 18.9 Å². The molecule has 0 saturated carbocycles. The Kier molecular flexibility index (Phi) is 6.30. The molecule has 0 aliphatic carbocycles. The van der Waals surface area contributed by atoms with Crippen LogP contribution in [0.5, 0.6) is 0 Å². The smallest absolute Gasteiger partial charge is 0.368 e. The number of aromatic nitrogens is 3. The summed E-state index contributed by atoms with van der Waals surface area (Å²) in [5.41, 5.74) is -0.00143. The first-order chi connectivity index (χ1) is 16.1.